The summed E-state index contributed by atoms with van der Waals surface area (Å²) in [6.45, 7) is 13.2. The van der Waals surface area contributed by atoms with Crippen LogP contribution in [0.5, 0.6) is 11.5 Å². The van der Waals surface area contributed by atoms with Gasteiger partial charge in [0.25, 0.3) is 0 Å². The second-order valence-electron chi connectivity index (χ2n) is 6.61. The second-order valence-corrected chi connectivity index (χ2v) is 6.61. The maximum atomic E-state index is 11.9. The molecule has 0 bridgehead atoms. The first-order valence-electron chi connectivity index (χ1n) is 6.51. The van der Waals surface area contributed by atoms with Crippen molar-refractivity contribution in [2.24, 2.45) is 0 Å². The highest BCUT2D eigenvalue weighted by atomic mass is 16.5. The molecule has 3 nitrogen and oxygen atoms in total. The zero-order valence-electron chi connectivity index (χ0n) is 13.0. The van der Waals surface area contributed by atoms with Crippen molar-refractivity contribution in [3.8, 4) is 11.5 Å². The van der Waals surface area contributed by atoms with E-state index in [1.165, 1.54) is 6.92 Å². The molecule has 0 aliphatic carbocycles. The van der Waals surface area contributed by atoms with Crippen molar-refractivity contribution in [1.29, 1.82) is 0 Å². The highest BCUT2D eigenvalue weighted by Gasteiger charge is 2.22. The van der Waals surface area contributed by atoms with Crippen LogP contribution in [0.3, 0.4) is 0 Å². The molecule has 1 aromatic carbocycles. The molecule has 1 rings (SSSR count). The van der Waals surface area contributed by atoms with Crippen molar-refractivity contribution in [1.82, 2.24) is 0 Å². The summed E-state index contributed by atoms with van der Waals surface area (Å²) in [6, 6.07) is 5.45. The minimum Gasteiger partial charge on any atom is -0.487 e. The number of ether oxygens (including phenoxy) is 2. The summed E-state index contributed by atoms with van der Waals surface area (Å²) in [7, 11) is 0. The van der Waals surface area contributed by atoms with Crippen LogP contribution >= 0.6 is 0 Å². The molecule has 0 atom stereocenters. The molecule has 0 aliphatic rings. The Balaban J connectivity index is 3.26. The molecule has 3 heteroatoms. The van der Waals surface area contributed by atoms with E-state index >= 15 is 0 Å². The Bertz CT molecular complexity index is 428. The van der Waals surface area contributed by atoms with Gasteiger partial charge in [-0.3, -0.25) is 4.79 Å². The van der Waals surface area contributed by atoms with Crippen LogP contribution in [0.2, 0.25) is 0 Å². The van der Waals surface area contributed by atoms with Gasteiger partial charge in [-0.1, -0.05) is 6.07 Å². The van der Waals surface area contributed by atoms with Gasteiger partial charge in [0.05, 0.1) is 0 Å². The molecule has 0 N–H and O–H groups in total. The van der Waals surface area contributed by atoms with Gasteiger partial charge in [0, 0.05) is 0 Å². The third-order valence-corrected chi connectivity index (χ3v) is 2.17. The van der Waals surface area contributed by atoms with E-state index in [0.29, 0.717) is 17.1 Å². The fourth-order valence-electron chi connectivity index (χ4n) is 1.69. The van der Waals surface area contributed by atoms with Crippen LogP contribution in [-0.2, 0) is 0 Å². The molecular formula is C16H24O3. The fourth-order valence-corrected chi connectivity index (χ4v) is 1.69. The monoisotopic (exact) mass is 264 g/mol. The van der Waals surface area contributed by atoms with Gasteiger partial charge in [-0.25, -0.2) is 0 Å². The van der Waals surface area contributed by atoms with Crippen LogP contribution in [-0.4, -0.2) is 17.0 Å². The lowest BCUT2D eigenvalue weighted by Crippen LogP contribution is -2.26. The summed E-state index contributed by atoms with van der Waals surface area (Å²) in [6.07, 6.45) is 0. The normalized spacial score (nSPS) is 12.2. The Hall–Kier alpha value is -1.51. The highest BCUT2D eigenvalue weighted by Crippen LogP contribution is 2.33. The van der Waals surface area contributed by atoms with E-state index in [1.54, 1.807) is 12.1 Å². The van der Waals surface area contributed by atoms with E-state index in [4.69, 9.17) is 9.47 Å². The van der Waals surface area contributed by atoms with Crippen molar-refractivity contribution in [3.63, 3.8) is 0 Å². The van der Waals surface area contributed by atoms with E-state index in [0.717, 1.165) is 0 Å². The quantitative estimate of drug-likeness (QED) is 0.766. The minimum atomic E-state index is -0.357. The van der Waals surface area contributed by atoms with E-state index in [-0.39, 0.29) is 17.0 Å². The summed E-state index contributed by atoms with van der Waals surface area (Å²) in [5.41, 5.74) is -0.206. The van der Waals surface area contributed by atoms with Gasteiger partial charge in [-0.2, -0.15) is 0 Å². The molecule has 0 aromatic heterocycles. The summed E-state index contributed by atoms with van der Waals surface area (Å²) < 4.78 is 11.7. The standard InChI is InChI=1S/C16H24O3/c1-11(17)14-12(18-15(2,3)4)9-8-10-13(14)19-16(5,6)7/h8-10H,1-7H3. The Kier molecular flexibility index (Phi) is 4.28. The summed E-state index contributed by atoms with van der Waals surface area (Å²) in [5.74, 6) is 1.09. The molecule has 0 spiro atoms. The molecule has 0 unspecified atom stereocenters. The number of ketones is 1. The minimum absolute atomic E-state index is 0.0564. The third kappa shape index (κ3) is 4.93. The average molecular weight is 264 g/mol. The molecule has 106 valence electrons. The Labute approximate surface area is 115 Å². The van der Waals surface area contributed by atoms with Gasteiger partial charge < -0.3 is 9.47 Å². The molecule has 0 heterocycles. The number of hydrogen-bond acceptors (Lipinski definition) is 3. The lowest BCUT2D eigenvalue weighted by molar-refractivity contribution is 0.0957. The zero-order chi connectivity index (χ0) is 14.8. The first-order chi connectivity index (χ1) is 8.49. The Morgan fingerprint density at radius 2 is 1.26 bits per heavy atom. The van der Waals surface area contributed by atoms with Gasteiger partial charge in [0.2, 0.25) is 0 Å². The Morgan fingerprint density at radius 1 is 0.895 bits per heavy atom. The fraction of sp³-hybridized carbons (Fsp3) is 0.562. The predicted octanol–water partition coefficient (Wildman–Crippen LogP) is 4.24. The smallest absolute Gasteiger partial charge is 0.167 e. The molecule has 0 radical (unpaired) electrons. The van der Waals surface area contributed by atoms with Crippen LogP contribution < -0.4 is 9.47 Å². The number of rotatable bonds is 3. The van der Waals surface area contributed by atoms with Crippen molar-refractivity contribution in [3.05, 3.63) is 23.8 Å². The van der Waals surface area contributed by atoms with Gasteiger partial charge in [0.15, 0.2) is 5.78 Å². The summed E-state index contributed by atoms with van der Waals surface area (Å²) >= 11 is 0. The number of benzene rings is 1. The van der Waals surface area contributed by atoms with Crippen molar-refractivity contribution >= 4 is 5.78 Å². The van der Waals surface area contributed by atoms with E-state index in [1.807, 2.05) is 47.6 Å². The number of carbonyl (C=O) groups is 1. The van der Waals surface area contributed by atoms with Gasteiger partial charge >= 0.3 is 0 Å². The van der Waals surface area contributed by atoms with Gasteiger partial charge in [-0.05, 0) is 60.6 Å². The van der Waals surface area contributed by atoms with Gasteiger partial charge in [0.1, 0.15) is 28.3 Å². The molecule has 1 aromatic rings. The lowest BCUT2D eigenvalue weighted by atomic mass is 10.1. The highest BCUT2D eigenvalue weighted by molar-refractivity contribution is 5.99. The van der Waals surface area contributed by atoms with Crippen molar-refractivity contribution in [2.75, 3.05) is 0 Å². The predicted molar refractivity (Wildman–Crippen MR) is 77.2 cm³/mol. The molecule has 0 amide bonds. The third-order valence-electron chi connectivity index (χ3n) is 2.17. The second kappa shape index (κ2) is 5.24. The van der Waals surface area contributed by atoms with Crippen LogP contribution in [0.4, 0.5) is 0 Å². The van der Waals surface area contributed by atoms with Crippen LogP contribution in [0, 0.1) is 0 Å². The Morgan fingerprint density at radius 3 is 1.53 bits per heavy atom. The topological polar surface area (TPSA) is 35.5 Å². The molecule has 0 saturated carbocycles. The van der Waals surface area contributed by atoms with E-state index in [9.17, 15) is 4.79 Å². The largest absolute Gasteiger partial charge is 0.487 e. The first kappa shape index (κ1) is 15.5. The maximum absolute atomic E-state index is 11.9. The molecule has 0 aliphatic heterocycles. The zero-order valence-corrected chi connectivity index (χ0v) is 13.0. The van der Waals surface area contributed by atoms with Gasteiger partial charge in [-0.15, -0.1) is 0 Å². The van der Waals surface area contributed by atoms with Crippen LogP contribution in [0.1, 0.15) is 58.8 Å². The van der Waals surface area contributed by atoms with Crippen molar-refractivity contribution in [2.45, 2.75) is 59.7 Å². The number of Topliss-reactive ketones (excluding diaryl/α,β-unsaturated/α-hetero) is 1. The lowest BCUT2D eigenvalue weighted by Gasteiger charge is -2.26. The maximum Gasteiger partial charge on any atom is 0.167 e. The van der Waals surface area contributed by atoms with E-state index < -0.39 is 0 Å². The SMILES string of the molecule is CC(=O)c1c(OC(C)(C)C)cccc1OC(C)(C)C. The summed E-state index contributed by atoms with van der Waals surface area (Å²) in [5, 5.41) is 0. The van der Waals surface area contributed by atoms with E-state index in [2.05, 4.69) is 0 Å². The molecular weight excluding hydrogens is 240 g/mol. The van der Waals surface area contributed by atoms with Crippen LogP contribution in [0.15, 0.2) is 18.2 Å². The number of hydrogen-bond donors (Lipinski definition) is 0. The molecule has 0 fully saturated rings. The summed E-state index contributed by atoms with van der Waals surface area (Å²) in [4.78, 5) is 11.9. The van der Waals surface area contributed by atoms with Crippen LogP contribution in [0.25, 0.3) is 0 Å². The number of carbonyl (C=O) groups excluding carboxylic acids is 1. The molecule has 0 saturated heterocycles. The van der Waals surface area contributed by atoms with Crippen molar-refractivity contribution < 1.29 is 14.3 Å². The average Bonchev–Trinajstić information content (AvgIpc) is 2.11. The first-order valence-corrected chi connectivity index (χ1v) is 6.51. The molecule has 19 heavy (non-hydrogen) atoms.